The van der Waals surface area contributed by atoms with Crippen LogP contribution in [0.15, 0.2) is 24.4 Å². The van der Waals surface area contributed by atoms with Gasteiger partial charge in [0.2, 0.25) is 0 Å². The molecule has 0 atom stereocenters. The van der Waals surface area contributed by atoms with Crippen molar-refractivity contribution < 1.29 is 29.0 Å². The Bertz CT molecular complexity index is 1070. The van der Waals surface area contributed by atoms with Crippen LogP contribution in [0, 0.1) is 0 Å². The van der Waals surface area contributed by atoms with E-state index in [0.29, 0.717) is 50.8 Å². The average molecular weight is 515 g/mol. The summed E-state index contributed by atoms with van der Waals surface area (Å²) in [5, 5.41) is 9.94. The third kappa shape index (κ3) is 7.39. The topological polar surface area (TPSA) is 114 Å². The van der Waals surface area contributed by atoms with Crippen LogP contribution < -0.4 is 0 Å². The molecule has 0 aliphatic carbocycles. The second-order valence-corrected chi connectivity index (χ2v) is 9.15. The first-order valence-corrected chi connectivity index (χ1v) is 13.0. The lowest BCUT2D eigenvalue weighted by Gasteiger charge is -2.26. The number of benzene rings is 1. The fourth-order valence-electron chi connectivity index (χ4n) is 4.31. The lowest BCUT2D eigenvalue weighted by atomic mass is 10.0. The molecule has 0 bridgehead atoms. The molecule has 1 aromatic carbocycles. The van der Waals surface area contributed by atoms with Crippen LogP contribution in [0.2, 0.25) is 0 Å². The van der Waals surface area contributed by atoms with E-state index < -0.39 is 11.9 Å². The van der Waals surface area contributed by atoms with Crippen LogP contribution in [0.1, 0.15) is 70.7 Å². The van der Waals surface area contributed by atoms with Crippen molar-refractivity contribution >= 4 is 17.8 Å². The van der Waals surface area contributed by atoms with Crippen LogP contribution in [0.5, 0.6) is 0 Å². The number of morpholine rings is 1. The predicted molar refractivity (Wildman–Crippen MR) is 139 cm³/mol. The number of aromatic carboxylic acids is 1. The number of carboxylic acid groups (broad SMARTS) is 1. The second-order valence-electron chi connectivity index (χ2n) is 9.15. The van der Waals surface area contributed by atoms with Crippen molar-refractivity contribution in [3.8, 4) is 11.4 Å². The minimum atomic E-state index is -1.19. The van der Waals surface area contributed by atoms with E-state index in [-0.39, 0.29) is 22.7 Å². The van der Waals surface area contributed by atoms with E-state index in [9.17, 15) is 19.5 Å². The van der Waals surface area contributed by atoms with Crippen molar-refractivity contribution in [2.24, 2.45) is 0 Å². The number of carbonyl (C=O) groups is 3. The molecule has 1 fully saturated rings. The number of carbonyl (C=O) groups excluding carboxylic acids is 2. The summed E-state index contributed by atoms with van der Waals surface area (Å²) in [6.45, 7) is 9.68. The Morgan fingerprint density at radius 1 is 1.08 bits per heavy atom. The number of carboxylic acids is 1. The first-order chi connectivity index (χ1) is 17.9. The molecule has 1 aliphatic heterocycles. The minimum absolute atomic E-state index is 0.0751. The van der Waals surface area contributed by atoms with Gasteiger partial charge in [-0.2, -0.15) is 0 Å². The normalized spacial score (nSPS) is 13.9. The SMILES string of the molecule is CCCCN(CCCC)C(=O)c1cn(CCN2CCOCC2)c(-c2ccc(C(=O)OC)cc2C(=O)O)n1. The summed E-state index contributed by atoms with van der Waals surface area (Å²) in [5.41, 5.74) is 0.693. The molecule has 1 aliphatic rings. The zero-order valence-corrected chi connectivity index (χ0v) is 22.1. The van der Waals surface area contributed by atoms with Crippen molar-refractivity contribution in [1.82, 2.24) is 19.4 Å². The Kier molecular flexibility index (Phi) is 10.6. The zero-order chi connectivity index (χ0) is 26.8. The quantitative estimate of drug-likeness (QED) is 0.405. The number of aromatic nitrogens is 2. The Balaban J connectivity index is 2.01. The smallest absolute Gasteiger partial charge is 0.337 e. The summed E-state index contributed by atoms with van der Waals surface area (Å²) in [5.74, 6) is -1.58. The number of hydrogen-bond acceptors (Lipinski definition) is 7. The van der Waals surface area contributed by atoms with E-state index in [0.717, 1.165) is 38.8 Å². The Labute approximate surface area is 218 Å². The highest BCUT2D eigenvalue weighted by molar-refractivity contribution is 6.00. The average Bonchev–Trinajstić information content (AvgIpc) is 3.35. The number of unbranched alkanes of at least 4 members (excludes halogenated alkanes) is 2. The van der Waals surface area contributed by atoms with Gasteiger partial charge in [0.05, 0.1) is 31.5 Å². The third-order valence-corrected chi connectivity index (χ3v) is 6.52. The number of rotatable bonds is 13. The van der Waals surface area contributed by atoms with E-state index in [1.807, 2.05) is 9.47 Å². The molecule has 1 N–H and O–H groups in total. The van der Waals surface area contributed by atoms with Crippen molar-refractivity contribution in [3.63, 3.8) is 0 Å². The largest absolute Gasteiger partial charge is 0.478 e. The third-order valence-electron chi connectivity index (χ3n) is 6.52. The summed E-state index contributed by atoms with van der Waals surface area (Å²) in [6.07, 6.45) is 5.48. The Morgan fingerprint density at radius 3 is 2.35 bits per heavy atom. The summed E-state index contributed by atoms with van der Waals surface area (Å²) >= 11 is 0. The fraction of sp³-hybridized carbons (Fsp3) is 0.556. The van der Waals surface area contributed by atoms with Gasteiger partial charge in [-0.25, -0.2) is 14.6 Å². The van der Waals surface area contributed by atoms with Gasteiger partial charge in [0.15, 0.2) is 0 Å². The molecular weight excluding hydrogens is 476 g/mol. The zero-order valence-electron chi connectivity index (χ0n) is 22.1. The van der Waals surface area contributed by atoms with Gasteiger partial charge in [-0.3, -0.25) is 9.69 Å². The molecule has 0 radical (unpaired) electrons. The first kappa shape index (κ1) is 28.3. The summed E-state index contributed by atoms with van der Waals surface area (Å²) in [6, 6.07) is 4.37. The van der Waals surface area contributed by atoms with Crippen LogP contribution in [0.25, 0.3) is 11.4 Å². The van der Waals surface area contributed by atoms with Crippen molar-refractivity contribution in [2.75, 3.05) is 53.0 Å². The predicted octanol–water partition coefficient (Wildman–Crippen LogP) is 3.41. The maximum atomic E-state index is 13.5. The van der Waals surface area contributed by atoms with E-state index in [1.165, 1.54) is 19.2 Å². The van der Waals surface area contributed by atoms with Gasteiger partial charge in [-0.15, -0.1) is 0 Å². The standard InChI is InChI=1S/C27H38N4O6/c1-4-6-10-30(11-7-5-2)25(32)23-19-31(13-12-29-14-16-37-17-15-29)24(28-23)21-9-8-20(27(35)36-3)18-22(21)26(33)34/h8-9,18-19H,4-7,10-17H2,1-3H3,(H,33,34). The molecule has 3 rings (SSSR count). The maximum Gasteiger partial charge on any atom is 0.337 e. The number of nitrogens with zero attached hydrogens (tertiary/aromatic N) is 4. The summed E-state index contributed by atoms with van der Waals surface area (Å²) in [4.78, 5) is 46.5. The van der Waals surface area contributed by atoms with Crippen LogP contribution in [-0.4, -0.2) is 95.4 Å². The number of ether oxygens (including phenoxy) is 2. The number of imidazole rings is 1. The first-order valence-electron chi connectivity index (χ1n) is 13.0. The molecule has 10 heteroatoms. The maximum absolute atomic E-state index is 13.5. The second kappa shape index (κ2) is 13.9. The molecule has 1 amide bonds. The Morgan fingerprint density at radius 2 is 1.76 bits per heavy atom. The molecule has 202 valence electrons. The monoisotopic (exact) mass is 514 g/mol. The van der Waals surface area contributed by atoms with Gasteiger partial charge in [-0.05, 0) is 31.0 Å². The molecule has 1 saturated heterocycles. The van der Waals surface area contributed by atoms with E-state index in [1.54, 1.807) is 12.3 Å². The highest BCUT2D eigenvalue weighted by Crippen LogP contribution is 2.26. The molecule has 0 unspecified atom stereocenters. The highest BCUT2D eigenvalue weighted by atomic mass is 16.5. The summed E-state index contributed by atoms with van der Waals surface area (Å²) < 4.78 is 12.0. The molecule has 10 nitrogen and oxygen atoms in total. The minimum Gasteiger partial charge on any atom is -0.478 e. The van der Waals surface area contributed by atoms with Gasteiger partial charge in [0.25, 0.3) is 5.91 Å². The molecule has 0 spiro atoms. The van der Waals surface area contributed by atoms with Crippen LogP contribution in [-0.2, 0) is 16.0 Å². The highest BCUT2D eigenvalue weighted by Gasteiger charge is 2.24. The van der Waals surface area contributed by atoms with Gasteiger partial charge in [-0.1, -0.05) is 26.7 Å². The van der Waals surface area contributed by atoms with Gasteiger partial charge < -0.3 is 24.0 Å². The van der Waals surface area contributed by atoms with Crippen molar-refractivity contribution in [1.29, 1.82) is 0 Å². The lowest BCUT2D eigenvalue weighted by molar-refractivity contribution is 0.0364. The van der Waals surface area contributed by atoms with Gasteiger partial charge in [0, 0.05) is 51.0 Å². The Hall–Kier alpha value is -3.24. The molecular formula is C27H38N4O6. The molecule has 2 heterocycles. The van der Waals surface area contributed by atoms with Gasteiger partial charge >= 0.3 is 11.9 Å². The number of methoxy groups -OCH3 is 1. The van der Waals surface area contributed by atoms with Crippen LogP contribution >= 0.6 is 0 Å². The molecule has 2 aromatic rings. The number of esters is 1. The van der Waals surface area contributed by atoms with E-state index in [2.05, 4.69) is 23.7 Å². The van der Waals surface area contributed by atoms with Crippen molar-refractivity contribution in [3.05, 3.63) is 41.2 Å². The molecule has 37 heavy (non-hydrogen) atoms. The fourth-order valence-corrected chi connectivity index (χ4v) is 4.31. The van der Waals surface area contributed by atoms with Crippen LogP contribution in [0.4, 0.5) is 0 Å². The molecule has 0 saturated carbocycles. The van der Waals surface area contributed by atoms with Crippen molar-refractivity contribution in [2.45, 2.75) is 46.1 Å². The summed E-state index contributed by atoms with van der Waals surface area (Å²) in [7, 11) is 1.25. The number of hydrogen-bond donors (Lipinski definition) is 1. The number of amides is 1. The van der Waals surface area contributed by atoms with E-state index >= 15 is 0 Å². The van der Waals surface area contributed by atoms with Gasteiger partial charge in [0.1, 0.15) is 11.5 Å². The lowest BCUT2D eigenvalue weighted by Crippen LogP contribution is -2.38. The van der Waals surface area contributed by atoms with E-state index in [4.69, 9.17) is 9.47 Å². The van der Waals surface area contributed by atoms with Crippen LogP contribution in [0.3, 0.4) is 0 Å². The molecule has 1 aromatic heterocycles.